The van der Waals surface area contributed by atoms with Crippen LogP contribution in [0.5, 0.6) is 5.75 Å². The Morgan fingerprint density at radius 3 is 2.12 bits per heavy atom. The molecular weight excluding hydrogens is 400 g/mol. The fourth-order valence-corrected chi connectivity index (χ4v) is 5.30. The molecule has 1 fully saturated rings. The summed E-state index contributed by atoms with van der Waals surface area (Å²) in [5.74, 6) is 1.56. The van der Waals surface area contributed by atoms with Crippen LogP contribution in [0.25, 0.3) is 0 Å². The molecule has 0 bridgehead atoms. The van der Waals surface area contributed by atoms with Crippen molar-refractivity contribution in [3.63, 3.8) is 0 Å². The zero-order valence-electron chi connectivity index (χ0n) is 20.6. The Kier molecular flexibility index (Phi) is 6.08. The van der Waals surface area contributed by atoms with E-state index in [4.69, 9.17) is 10.00 Å². The third-order valence-corrected chi connectivity index (χ3v) is 6.72. The number of aromatic nitrogens is 2. The van der Waals surface area contributed by atoms with Crippen molar-refractivity contribution in [3.05, 3.63) is 52.1 Å². The predicted molar refractivity (Wildman–Crippen MR) is 125 cm³/mol. The molecule has 1 aromatic heterocycles. The molecule has 32 heavy (non-hydrogen) atoms. The second-order valence-electron chi connectivity index (χ2n) is 10.4. The first kappa shape index (κ1) is 23.7. The topological polar surface area (TPSA) is 87.9 Å². The number of carbonyl (C=O) groups is 1. The van der Waals surface area contributed by atoms with Gasteiger partial charge in [0.25, 0.3) is 5.91 Å². The summed E-state index contributed by atoms with van der Waals surface area (Å²) in [4.78, 5) is 22.4. The zero-order chi connectivity index (χ0) is 24.0. The highest BCUT2D eigenvalue weighted by Gasteiger charge is 2.64. The van der Waals surface area contributed by atoms with Gasteiger partial charge in [-0.1, -0.05) is 41.5 Å². The van der Waals surface area contributed by atoms with Gasteiger partial charge in [-0.05, 0) is 44.5 Å². The Bertz CT molecular complexity index is 1060. The molecule has 1 heterocycles. The third-order valence-electron chi connectivity index (χ3n) is 6.72. The summed E-state index contributed by atoms with van der Waals surface area (Å²) in [5, 5.41) is 12.4. The standard InChI is InChI=1S/C26H34N4O2/c1-14(2)21-28-16(4)20(17(5)29-21)22(31)30-23-25(6,7)24(26(23,8)9)32-19-11-10-18(13-27)15(3)12-19/h10-12,14,23-24H,1-9H3,(H,30,31). The van der Waals surface area contributed by atoms with Crippen molar-refractivity contribution in [2.24, 2.45) is 10.8 Å². The van der Waals surface area contributed by atoms with Crippen LogP contribution in [0.1, 0.15) is 86.2 Å². The van der Waals surface area contributed by atoms with Crippen molar-refractivity contribution in [1.29, 1.82) is 5.26 Å². The first-order valence-corrected chi connectivity index (χ1v) is 11.1. The van der Waals surface area contributed by atoms with Gasteiger partial charge in [-0.2, -0.15) is 5.26 Å². The van der Waals surface area contributed by atoms with Gasteiger partial charge in [0, 0.05) is 22.8 Å². The second kappa shape index (κ2) is 8.20. The normalized spacial score (nSPS) is 20.9. The lowest BCUT2D eigenvalue weighted by Gasteiger charge is -2.63. The molecule has 0 radical (unpaired) electrons. The number of nitrogens with one attached hydrogen (secondary N) is 1. The van der Waals surface area contributed by atoms with Gasteiger partial charge >= 0.3 is 0 Å². The lowest BCUT2D eigenvalue weighted by atomic mass is 9.49. The maximum absolute atomic E-state index is 13.3. The van der Waals surface area contributed by atoms with Crippen molar-refractivity contribution in [3.8, 4) is 11.8 Å². The van der Waals surface area contributed by atoms with Crippen LogP contribution in [-0.4, -0.2) is 28.0 Å². The number of aryl methyl sites for hydroxylation is 3. The highest BCUT2D eigenvalue weighted by Crippen LogP contribution is 2.55. The first-order chi connectivity index (χ1) is 14.8. The van der Waals surface area contributed by atoms with Crippen LogP contribution >= 0.6 is 0 Å². The van der Waals surface area contributed by atoms with E-state index < -0.39 is 0 Å². The van der Waals surface area contributed by atoms with Crippen LogP contribution in [0.4, 0.5) is 0 Å². The number of nitriles is 1. The molecule has 0 atom stereocenters. The molecule has 170 valence electrons. The lowest BCUT2D eigenvalue weighted by Crippen LogP contribution is -2.74. The second-order valence-corrected chi connectivity index (χ2v) is 10.4. The van der Waals surface area contributed by atoms with Gasteiger partial charge in [-0.25, -0.2) is 9.97 Å². The van der Waals surface area contributed by atoms with Crippen molar-refractivity contribution >= 4 is 5.91 Å². The number of amides is 1. The van der Waals surface area contributed by atoms with Gasteiger partial charge in [0.2, 0.25) is 0 Å². The number of carbonyl (C=O) groups excluding carboxylic acids is 1. The van der Waals surface area contributed by atoms with Gasteiger partial charge in [-0.15, -0.1) is 0 Å². The zero-order valence-corrected chi connectivity index (χ0v) is 20.6. The molecule has 0 aliphatic heterocycles. The van der Waals surface area contributed by atoms with E-state index in [0.29, 0.717) is 22.5 Å². The van der Waals surface area contributed by atoms with Crippen LogP contribution in [-0.2, 0) is 0 Å². The average Bonchev–Trinajstić information content (AvgIpc) is 2.69. The minimum atomic E-state index is -0.290. The monoisotopic (exact) mass is 434 g/mol. The number of benzene rings is 1. The fourth-order valence-electron chi connectivity index (χ4n) is 5.30. The quantitative estimate of drug-likeness (QED) is 0.715. The van der Waals surface area contributed by atoms with E-state index in [-0.39, 0.29) is 34.8 Å². The summed E-state index contributed by atoms with van der Waals surface area (Å²) < 4.78 is 6.38. The van der Waals surface area contributed by atoms with Gasteiger partial charge in [0.1, 0.15) is 17.7 Å². The van der Waals surface area contributed by atoms with E-state index >= 15 is 0 Å². The molecular formula is C26H34N4O2. The van der Waals surface area contributed by atoms with Gasteiger partial charge in [0.15, 0.2) is 0 Å². The molecule has 1 N–H and O–H groups in total. The molecule has 3 rings (SSSR count). The Hall–Kier alpha value is -2.94. The van der Waals surface area contributed by atoms with Gasteiger partial charge < -0.3 is 10.1 Å². The smallest absolute Gasteiger partial charge is 0.255 e. The third kappa shape index (κ3) is 3.97. The van der Waals surface area contributed by atoms with E-state index in [1.54, 1.807) is 6.07 Å². The van der Waals surface area contributed by atoms with Crippen LogP contribution in [0.3, 0.4) is 0 Å². The largest absolute Gasteiger partial charge is 0.489 e. The maximum atomic E-state index is 13.3. The van der Waals surface area contributed by atoms with E-state index in [1.165, 1.54) is 0 Å². The van der Waals surface area contributed by atoms with Gasteiger partial charge in [0.05, 0.1) is 28.6 Å². The van der Waals surface area contributed by atoms with Crippen molar-refractivity contribution in [1.82, 2.24) is 15.3 Å². The van der Waals surface area contributed by atoms with Crippen molar-refractivity contribution in [2.45, 2.75) is 80.4 Å². The summed E-state index contributed by atoms with van der Waals surface area (Å²) in [6.45, 7) is 18.2. The molecule has 6 nitrogen and oxygen atoms in total. The minimum Gasteiger partial charge on any atom is -0.489 e. The number of ether oxygens (including phenoxy) is 1. The van der Waals surface area contributed by atoms with E-state index in [9.17, 15) is 4.79 Å². The Morgan fingerprint density at radius 1 is 1.09 bits per heavy atom. The molecule has 6 heteroatoms. The molecule has 1 amide bonds. The highest BCUT2D eigenvalue weighted by molar-refractivity contribution is 5.96. The van der Waals surface area contributed by atoms with Gasteiger partial charge in [-0.3, -0.25) is 4.79 Å². The molecule has 1 aliphatic carbocycles. The summed E-state index contributed by atoms with van der Waals surface area (Å²) >= 11 is 0. The molecule has 1 aromatic carbocycles. The van der Waals surface area contributed by atoms with Crippen LogP contribution in [0.2, 0.25) is 0 Å². The van der Waals surface area contributed by atoms with Crippen molar-refractivity contribution < 1.29 is 9.53 Å². The molecule has 2 aromatic rings. The number of rotatable bonds is 5. The number of hydrogen-bond donors (Lipinski definition) is 1. The van der Waals surface area contributed by atoms with Crippen molar-refractivity contribution in [2.75, 3.05) is 0 Å². The minimum absolute atomic E-state index is 0.0875. The summed E-state index contributed by atoms with van der Waals surface area (Å²) in [6.07, 6.45) is -0.102. The van der Waals surface area contributed by atoms with E-state index in [0.717, 1.165) is 17.1 Å². The van der Waals surface area contributed by atoms with Crippen LogP contribution < -0.4 is 10.1 Å². The first-order valence-electron chi connectivity index (χ1n) is 11.1. The SMILES string of the molecule is Cc1cc(OC2C(C)(C)C(NC(=O)c3c(C)nc(C(C)C)nc3C)C2(C)C)ccc1C#N. The number of hydrogen-bond acceptors (Lipinski definition) is 5. The predicted octanol–water partition coefficient (Wildman–Crippen LogP) is 5.01. The fraction of sp³-hybridized carbons (Fsp3) is 0.538. The van der Waals surface area contributed by atoms with Crippen LogP contribution in [0.15, 0.2) is 18.2 Å². The molecule has 0 saturated heterocycles. The van der Waals surface area contributed by atoms with E-state index in [2.05, 4.69) is 49.0 Å². The summed E-state index contributed by atoms with van der Waals surface area (Å²) in [6, 6.07) is 7.62. The molecule has 0 spiro atoms. The van der Waals surface area contributed by atoms with E-state index in [1.807, 2.05) is 46.8 Å². The summed E-state index contributed by atoms with van der Waals surface area (Å²) in [7, 11) is 0. The summed E-state index contributed by atoms with van der Waals surface area (Å²) in [5.41, 5.74) is 2.91. The molecule has 0 unspecified atom stereocenters. The Morgan fingerprint density at radius 2 is 1.66 bits per heavy atom. The molecule has 1 aliphatic rings. The lowest BCUT2D eigenvalue weighted by molar-refractivity contribution is -0.164. The molecule has 1 saturated carbocycles. The van der Waals surface area contributed by atoms with Crippen LogP contribution in [0, 0.1) is 42.9 Å². The Balaban J connectivity index is 1.81. The number of nitrogens with zero attached hydrogens (tertiary/aromatic N) is 3. The Labute approximate surface area is 191 Å². The average molecular weight is 435 g/mol. The maximum Gasteiger partial charge on any atom is 0.255 e. The highest BCUT2D eigenvalue weighted by atomic mass is 16.5.